The number of anilines is 2. The molecule has 0 radical (unpaired) electrons. The Morgan fingerprint density at radius 2 is 2.00 bits per heavy atom. The van der Waals surface area contributed by atoms with Crippen LogP contribution in [0.1, 0.15) is 32.6 Å². The third kappa shape index (κ3) is 3.32. The zero-order chi connectivity index (χ0) is 18.7. The SMILES string of the molecule is Cc1cc(C#N)ccc1C(=O)Nc1ccc(N)c(C(=N)c2ccoc2)c1. The Balaban J connectivity index is 1.87. The van der Waals surface area contributed by atoms with Crippen molar-refractivity contribution < 1.29 is 9.21 Å². The molecule has 0 aliphatic rings. The smallest absolute Gasteiger partial charge is 0.255 e. The highest BCUT2D eigenvalue weighted by atomic mass is 16.3. The second-order valence-corrected chi connectivity index (χ2v) is 5.78. The second-order valence-electron chi connectivity index (χ2n) is 5.78. The number of rotatable bonds is 4. The monoisotopic (exact) mass is 344 g/mol. The highest BCUT2D eigenvalue weighted by Gasteiger charge is 2.14. The molecular weight excluding hydrogens is 328 g/mol. The number of carbonyl (C=O) groups is 1. The molecule has 0 saturated carbocycles. The first-order valence-electron chi connectivity index (χ1n) is 7.82. The van der Waals surface area contributed by atoms with E-state index >= 15 is 0 Å². The van der Waals surface area contributed by atoms with E-state index in [1.807, 2.05) is 6.07 Å². The van der Waals surface area contributed by atoms with Crippen molar-refractivity contribution in [2.75, 3.05) is 11.1 Å². The second kappa shape index (κ2) is 6.95. The summed E-state index contributed by atoms with van der Waals surface area (Å²) in [6, 6.07) is 13.6. The van der Waals surface area contributed by atoms with E-state index in [9.17, 15) is 4.79 Å². The van der Waals surface area contributed by atoms with E-state index in [-0.39, 0.29) is 11.6 Å². The van der Waals surface area contributed by atoms with Crippen molar-refractivity contribution in [3.05, 3.63) is 82.8 Å². The summed E-state index contributed by atoms with van der Waals surface area (Å²) in [6.45, 7) is 1.78. The van der Waals surface area contributed by atoms with Gasteiger partial charge < -0.3 is 15.5 Å². The molecule has 1 amide bonds. The van der Waals surface area contributed by atoms with Gasteiger partial charge in [0.2, 0.25) is 0 Å². The van der Waals surface area contributed by atoms with Gasteiger partial charge in [-0.15, -0.1) is 0 Å². The maximum atomic E-state index is 12.5. The summed E-state index contributed by atoms with van der Waals surface area (Å²) < 4.78 is 5.01. The molecule has 3 rings (SSSR count). The van der Waals surface area contributed by atoms with Gasteiger partial charge in [0.05, 0.1) is 29.9 Å². The average molecular weight is 344 g/mol. The summed E-state index contributed by atoms with van der Waals surface area (Å²) >= 11 is 0. The van der Waals surface area contributed by atoms with Gasteiger partial charge in [0.1, 0.15) is 0 Å². The van der Waals surface area contributed by atoms with Crippen molar-refractivity contribution in [2.24, 2.45) is 0 Å². The molecule has 26 heavy (non-hydrogen) atoms. The minimum Gasteiger partial charge on any atom is -0.472 e. The molecule has 4 N–H and O–H groups in total. The minimum absolute atomic E-state index is 0.210. The Morgan fingerprint density at radius 3 is 2.65 bits per heavy atom. The van der Waals surface area contributed by atoms with Crippen LogP contribution in [0.25, 0.3) is 0 Å². The van der Waals surface area contributed by atoms with Crippen molar-refractivity contribution >= 4 is 23.0 Å². The first-order valence-corrected chi connectivity index (χ1v) is 7.82. The van der Waals surface area contributed by atoms with E-state index in [1.54, 1.807) is 49.4 Å². The van der Waals surface area contributed by atoms with Crippen LogP contribution in [0, 0.1) is 23.7 Å². The lowest BCUT2D eigenvalue weighted by Crippen LogP contribution is -2.14. The van der Waals surface area contributed by atoms with Crippen LogP contribution >= 0.6 is 0 Å². The fourth-order valence-corrected chi connectivity index (χ4v) is 2.60. The highest BCUT2D eigenvalue weighted by Crippen LogP contribution is 2.22. The summed E-state index contributed by atoms with van der Waals surface area (Å²) in [7, 11) is 0. The van der Waals surface area contributed by atoms with Gasteiger partial charge in [-0.3, -0.25) is 10.2 Å². The standard InChI is InChI=1S/C20H16N4O2/c1-12-8-13(10-21)2-4-16(12)20(25)24-15-3-5-18(22)17(9-15)19(23)14-6-7-26-11-14/h2-9,11,23H,22H2,1H3,(H,24,25). The van der Waals surface area contributed by atoms with E-state index in [0.717, 1.165) is 0 Å². The lowest BCUT2D eigenvalue weighted by atomic mass is 10.0. The molecule has 0 aliphatic carbocycles. The normalized spacial score (nSPS) is 10.2. The van der Waals surface area contributed by atoms with Gasteiger partial charge >= 0.3 is 0 Å². The van der Waals surface area contributed by atoms with Crippen molar-refractivity contribution in [1.82, 2.24) is 0 Å². The number of benzene rings is 2. The van der Waals surface area contributed by atoms with E-state index < -0.39 is 0 Å². The molecule has 6 nitrogen and oxygen atoms in total. The molecule has 128 valence electrons. The number of nitriles is 1. The first kappa shape index (κ1) is 17.0. The Labute approximate surface area is 150 Å². The largest absolute Gasteiger partial charge is 0.472 e. The molecular formula is C20H16N4O2. The van der Waals surface area contributed by atoms with Gasteiger partial charge in [0.25, 0.3) is 5.91 Å². The fourth-order valence-electron chi connectivity index (χ4n) is 2.60. The summed E-state index contributed by atoms with van der Waals surface area (Å²) in [6.07, 6.45) is 2.95. The summed E-state index contributed by atoms with van der Waals surface area (Å²) in [5, 5.41) is 20.0. The van der Waals surface area contributed by atoms with E-state index in [1.165, 1.54) is 12.5 Å². The molecule has 0 unspecified atom stereocenters. The molecule has 0 spiro atoms. The highest BCUT2D eigenvalue weighted by molar-refractivity contribution is 6.14. The summed E-state index contributed by atoms with van der Waals surface area (Å²) in [5.74, 6) is -0.294. The van der Waals surface area contributed by atoms with Gasteiger partial charge in [0.15, 0.2) is 0 Å². The predicted octanol–water partition coefficient (Wildman–Crippen LogP) is 3.71. The molecule has 1 aromatic heterocycles. The minimum atomic E-state index is -0.294. The number of aryl methyl sites for hydroxylation is 1. The number of amides is 1. The van der Waals surface area contributed by atoms with Crippen molar-refractivity contribution in [1.29, 1.82) is 10.7 Å². The Bertz CT molecular complexity index is 1030. The Morgan fingerprint density at radius 1 is 1.19 bits per heavy atom. The lowest BCUT2D eigenvalue weighted by molar-refractivity contribution is 0.102. The van der Waals surface area contributed by atoms with Gasteiger partial charge in [-0.2, -0.15) is 5.26 Å². The fraction of sp³-hybridized carbons (Fsp3) is 0.0500. The van der Waals surface area contributed by atoms with Crippen LogP contribution in [0.15, 0.2) is 59.4 Å². The molecule has 2 aromatic carbocycles. The summed E-state index contributed by atoms with van der Waals surface area (Å²) in [5.41, 5.74) is 9.94. The summed E-state index contributed by atoms with van der Waals surface area (Å²) in [4.78, 5) is 12.5. The zero-order valence-electron chi connectivity index (χ0n) is 14.0. The molecule has 0 atom stereocenters. The quantitative estimate of drug-likeness (QED) is 0.494. The van der Waals surface area contributed by atoms with Crippen LogP contribution in [0.4, 0.5) is 11.4 Å². The average Bonchev–Trinajstić information content (AvgIpc) is 3.17. The molecule has 0 bridgehead atoms. The van der Waals surface area contributed by atoms with Crippen LogP contribution in [-0.2, 0) is 0 Å². The first-order chi connectivity index (χ1) is 12.5. The van der Waals surface area contributed by atoms with E-state index in [2.05, 4.69) is 5.32 Å². The molecule has 0 fully saturated rings. The molecule has 0 aliphatic heterocycles. The number of hydrogen-bond acceptors (Lipinski definition) is 5. The van der Waals surface area contributed by atoms with Gasteiger partial charge in [-0.25, -0.2) is 0 Å². The maximum Gasteiger partial charge on any atom is 0.255 e. The van der Waals surface area contributed by atoms with Gasteiger partial charge in [-0.1, -0.05) is 0 Å². The van der Waals surface area contributed by atoms with E-state index in [0.29, 0.717) is 39.2 Å². The Kier molecular flexibility index (Phi) is 4.54. The van der Waals surface area contributed by atoms with E-state index in [4.69, 9.17) is 20.8 Å². The number of nitrogens with two attached hydrogens (primary N) is 1. The van der Waals surface area contributed by atoms with Crippen molar-refractivity contribution in [3.63, 3.8) is 0 Å². The molecule has 6 heteroatoms. The van der Waals surface area contributed by atoms with Crippen LogP contribution in [0.2, 0.25) is 0 Å². The number of carbonyl (C=O) groups excluding carboxylic acids is 1. The third-order valence-electron chi connectivity index (χ3n) is 3.99. The van der Waals surface area contributed by atoms with Crippen LogP contribution in [0.3, 0.4) is 0 Å². The molecule has 1 heterocycles. The third-order valence-corrected chi connectivity index (χ3v) is 3.99. The number of nitrogens with one attached hydrogen (secondary N) is 2. The van der Waals surface area contributed by atoms with Crippen molar-refractivity contribution in [2.45, 2.75) is 6.92 Å². The number of furan rings is 1. The van der Waals surface area contributed by atoms with Gasteiger partial charge in [0, 0.05) is 28.1 Å². The predicted molar refractivity (Wildman–Crippen MR) is 99.3 cm³/mol. The zero-order valence-corrected chi connectivity index (χ0v) is 14.0. The topological polar surface area (TPSA) is 116 Å². The lowest BCUT2D eigenvalue weighted by Gasteiger charge is -2.11. The molecule has 0 saturated heterocycles. The van der Waals surface area contributed by atoms with Gasteiger partial charge in [-0.05, 0) is 55.0 Å². The van der Waals surface area contributed by atoms with Crippen LogP contribution in [0.5, 0.6) is 0 Å². The van der Waals surface area contributed by atoms with Crippen LogP contribution in [-0.4, -0.2) is 11.6 Å². The Hall–Kier alpha value is -3.85. The molecule has 3 aromatic rings. The number of hydrogen-bond donors (Lipinski definition) is 3. The van der Waals surface area contributed by atoms with Crippen LogP contribution < -0.4 is 11.1 Å². The van der Waals surface area contributed by atoms with Crippen molar-refractivity contribution in [3.8, 4) is 6.07 Å². The number of nitrogens with zero attached hydrogens (tertiary/aromatic N) is 1. The maximum absolute atomic E-state index is 12.5. The number of nitrogen functional groups attached to an aromatic ring is 1.